The summed E-state index contributed by atoms with van der Waals surface area (Å²) in [6.07, 6.45) is 30.3. The number of likely N-dealkylation sites (N-methyl/N-ethyl adjacent to an activating group) is 1. The zero-order chi connectivity index (χ0) is 35.7. The first kappa shape index (κ1) is 45.2. The summed E-state index contributed by atoms with van der Waals surface area (Å²) in [5, 5.41) is 11.6. The second kappa shape index (κ2) is 31.5. The van der Waals surface area contributed by atoms with Crippen molar-refractivity contribution in [1.29, 1.82) is 0 Å². The van der Waals surface area contributed by atoms with E-state index in [1.807, 2.05) is 33.3 Å². The average Bonchev–Trinajstić information content (AvgIpc) is 3.03. The molecule has 0 bridgehead atoms. The molecule has 2 atom stereocenters. The fraction of sp³-hybridized carbons (Fsp3) is 0.718. The molecule has 0 aromatic carbocycles. The summed E-state index contributed by atoms with van der Waals surface area (Å²) >= 11 is 0. The molecule has 0 aromatic rings. The molecule has 0 rings (SSSR count). The molecular formula is C39H67NO8. The lowest BCUT2D eigenvalue weighted by Crippen LogP contribution is -2.44. The molecule has 0 aromatic heterocycles. The highest BCUT2D eigenvalue weighted by Gasteiger charge is 2.21. The third kappa shape index (κ3) is 31.8. The standard InChI is InChI=1S/C39H67NO8/c1-6-8-10-12-14-16-18-19-20-22-24-26-28-30-37(42)48-35(34-47-39(38(43)44)45-32-31-40(3,4)5)33-46-36(41)29-27-25-23-21-17-15-13-11-9-7-2/h8,10,14,16,19-20,24,26,35,39H,6-7,9,11-13,15,17-18,21-23,25,27-34H2,1-5H3/b10-8-,16-14-,20-19-,26-24-. The molecule has 9 heteroatoms. The van der Waals surface area contributed by atoms with Gasteiger partial charge in [0.25, 0.3) is 0 Å². The first-order valence-electron chi connectivity index (χ1n) is 18.3. The number of aliphatic carboxylic acids is 1. The predicted octanol–water partition coefficient (Wildman–Crippen LogP) is 7.15. The number of hydrogen-bond acceptors (Lipinski definition) is 8. The van der Waals surface area contributed by atoms with Gasteiger partial charge in [0.2, 0.25) is 0 Å². The number of ether oxygens (including phenoxy) is 4. The zero-order valence-corrected chi connectivity index (χ0v) is 30.8. The van der Waals surface area contributed by atoms with E-state index >= 15 is 0 Å². The zero-order valence-electron chi connectivity index (χ0n) is 30.8. The first-order chi connectivity index (χ1) is 23.1. The monoisotopic (exact) mass is 677 g/mol. The molecule has 2 unspecified atom stereocenters. The van der Waals surface area contributed by atoms with E-state index in [0.29, 0.717) is 17.4 Å². The van der Waals surface area contributed by atoms with Crippen molar-refractivity contribution in [1.82, 2.24) is 0 Å². The largest absolute Gasteiger partial charge is 0.545 e. The van der Waals surface area contributed by atoms with Crippen molar-refractivity contribution in [3.05, 3.63) is 48.6 Å². The van der Waals surface area contributed by atoms with Gasteiger partial charge in [0.05, 0.1) is 40.3 Å². The molecule has 0 fully saturated rings. The van der Waals surface area contributed by atoms with Crippen molar-refractivity contribution in [2.24, 2.45) is 0 Å². The summed E-state index contributed by atoms with van der Waals surface area (Å²) in [4.78, 5) is 36.6. The second-order valence-electron chi connectivity index (χ2n) is 13.1. The van der Waals surface area contributed by atoms with Crippen LogP contribution in [-0.2, 0) is 33.3 Å². The van der Waals surface area contributed by atoms with Crippen LogP contribution in [-0.4, -0.2) is 82.3 Å². The summed E-state index contributed by atoms with van der Waals surface area (Å²) < 4.78 is 22.3. The molecule has 48 heavy (non-hydrogen) atoms. The summed E-state index contributed by atoms with van der Waals surface area (Å²) in [6, 6.07) is 0. The molecule has 0 N–H and O–H groups in total. The topological polar surface area (TPSA) is 111 Å². The van der Waals surface area contributed by atoms with E-state index in [9.17, 15) is 19.5 Å². The Morgan fingerprint density at radius 2 is 1.19 bits per heavy atom. The average molecular weight is 678 g/mol. The Labute approximate surface area is 292 Å². The smallest absolute Gasteiger partial charge is 0.306 e. The molecule has 0 heterocycles. The molecular weight excluding hydrogens is 610 g/mol. The number of nitrogens with zero attached hydrogens (tertiary/aromatic N) is 1. The highest BCUT2D eigenvalue weighted by Crippen LogP contribution is 2.12. The molecule has 0 radical (unpaired) electrons. The Bertz CT molecular complexity index is 935. The quantitative estimate of drug-likeness (QED) is 0.0243. The van der Waals surface area contributed by atoms with Crippen molar-refractivity contribution in [2.45, 2.75) is 135 Å². The highest BCUT2D eigenvalue weighted by atomic mass is 16.7. The lowest BCUT2D eigenvalue weighted by Gasteiger charge is -2.26. The number of unbranched alkanes of at least 4 members (excludes halogenated alkanes) is 9. The van der Waals surface area contributed by atoms with E-state index in [4.69, 9.17) is 18.9 Å². The molecule has 0 aliphatic heterocycles. The van der Waals surface area contributed by atoms with Crippen molar-refractivity contribution in [3.63, 3.8) is 0 Å². The minimum absolute atomic E-state index is 0.126. The minimum atomic E-state index is -1.63. The predicted molar refractivity (Wildman–Crippen MR) is 191 cm³/mol. The molecule has 9 nitrogen and oxygen atoms in total. The molecule has 0 spiro atoms. The van der Waals surface area contributed by atoms with Crippen molar-refractivity contribution in [3.8, 4) is 0 Å². The Kier molecular flexibility index (Phi) is 29.7. The van der Waals surface area contributed by atoms with Gasteiger partial charge < -0.3 is 33.3 Å². The number of allylic oxidation sites excluding steroid dienone is 8. The molecule has 0 aliphatic carbocycles. The van der Waals surface area contributed by atoms with Crippen LogP contribution in [0, 0.1) is 0 Å². The molecule has 276 valence electrons. The maximum Gasteiger partial charge on any atom is 0.306 e. The highest BCUT2D eigenvalue weighted by molar-refractivity contribution is 5.70. The van der Waals surface area contributed by atoms with Crippen LogP contribution in [0.1, 0.15) is 123 Å². The Hall–Kier alpha value is -2.75. The summed E-state index contributed by atoms with van der Waals surface area (Å²) in [5.74, 6) is -2.41. The fourth-order valence-electron chi connectivity index (χ4n) is 4.49. The minimum Gasteiger partial charge on any atom is -0.545 e. The maximum atomic E-state index is 12.6. The van der Waals surface area contributed by atoms with Crippen LogP contribution in [0.4, 0.5) is 0 Å². The van der Waals surface area contributed by atoms with E-state index < -0.39 is 24.3 Å². The Morgan fingerprint density at radius 3 is 1.73 bits per heavy atom. The van der Waals surface area contributed by atoms with Crippen molar-refractivity contribution >= 4 is 17.9 Å². The van der Waals surface area contributed by atoms with Gasteiger partial charge in [-0.2, -0.15) is 0 Å². The van der Waals surface area contributed by atoms with Crippen LogP contribution in [0.2, 0.25) is 0 Å². The van der Waals surface area contributed by atoms with Gasteiger partial charge in [-0.25, -0.2) is 0 Å². The maximum absolute atomic E-state index is 12.6. The van der Waals surface area contributed by atoms with Crippen LogP contribution in [0.15, 0.2) is 48.6 Å². The Balaban J connectivity index is 4.70. The third-order valence-corrected chi connectivity index (χ3v) is 7.35. The van der Waals surface area contributed by atoms with Gasteiger partial charge in [-0.3, -0.25) is 9.59 Å². The summed E-state index contributed by atoms with van der Waals surface area (Å²) in [6.45, 7) is 4.48. The van der Waals surface area contributed by atoms with Crippen molar-refractivity contribution in [2.75, 3.05) is 47.5 Å². The van der Waals surface area contributed by atoms with Crippen molar-refractivity contribution < 1.29 is 42.9 Å². The van der Waals surface area contributed by atoms with E-state index in [-0.39, 0.29) is 38.6 Å². The van der Waals surface area contributed by atoms with Crippen LogP contribution < -0.4 is 5.11 Å². The number of carboxylic acid groups (broad SMARTS) is 1. The van der Waals surface area contributed by atoms with Gasteiger partial charge in [0.1, 0.15) is 13.2 Å². The van der Waals surface area contributed by atoms with Crippen LogP contribution in [0.3, 0.4) is 0 Å². The number of esters is 2. The van der Waals surface area contributed by atoms with E-state index in [1.54, 1.807) is 0 Å². The van der Waals surface area contributed by atoms with E-state index in [1.165, 1.54) is 44.9 Å². The normalized spacial score (nSPS) is 13.6. The second-order valence-corrected chi connectivity index (χ2v) is 13.1. The van der Waals surface area contributed by atoms with Gasteiger partial charge >= 0.3 is 11.9 Å². The lowest BCUT2D eigenvalue weighted by molar-refractivity contribution is -0.870. The number of carbonyl (C=O) groups is 3. The summed E-state index contributed by atoms with van der Waals surface area (Å²) in [7, 11) is 5.86. The van der Waals surface area contributed by atoms with E-state index in [0.717, 1.165) is 44.9 Å². The van der Waals surface area contributed by atoms with Gasteiger partial charge in [0, 0.05) is 12.8 Å². The Morgan fingerprint density at radius 1 is 0.646 bits per heavy atom. The molecule has 0 saturated carbocycles. The SMILES string of the molecule is CC/C=C\C/C=C\C/C=C\C/C=C\CCC(=O)OC(COC(=O)CCCCCCCCCCCC)COC(OCC[N+](C)(C)C)C(=O)[O-]. The molecule has 0 aliphatic rings. The fourth-order valence-corrected chi connectivity index (χ4v) is 4.49. The van der Waals surface area contributed by atoms with Crippen LogP contribution >= 0.6 is 0 Å². The van der Waals surface area contributed by atoms with Gasteiger partial charge in [0.15, 0.2) is 12.4 Å². The van der Waals surface area contributed by atoms with Crippen LogP contribution in [0.5, 0.6) is 0 Å². The number of carbonyl (C=O) groups excluding carboxylic acids is 3. The molecule has 0 saturated heterocycles. The van der Waals surface area contributed by atoms with Gasteiger partial charge in [-0.05, 0) is 38.5 Å². The number of quaternary nitrogens is 1. The van der Waals surface area contributed by atoms with Crippen LogP contribution in [0.25, 0.3) is 0 Å². The van der Waals surface area contributed by atoms with Gasteiger partial charge in [-0.1, -0.05) is 120 Å². The van der Waals surface area contributed by atoms with Gasteiger partial charge in [-0.15, -0.1) is 0 Å². The number of hydrogen-bond donors (Lipinski definition) is 0. The summed E-state index contributed by atoms with van der Waals surface area (Å²) in [5.41, 5.74) is 0. The number of rotatable bonds is 32. The first-order valence-corrected chi connectivity index (χ1v) is 18.3. The lowest BCUT2D eigenvalue weighted by atomic mass is 10.1. The molecule has 0 amide bonds. The third-order valence-electron chi connectivity index (χ3n) is 7.35. The number of carboxylic acids is 1. The van der Waals surface area contributed by atoms with E-state index in [2.05, 4.69) is 50.3 Å².